The molecule has 0 aliphatic carbocycles. The number of piperidine rings is 1. The Labute approximate surface area is 151 Å². The highest BCUT2D eigenvalue weighted by molar-refractivity contribution is 5.79. The molecule has 5 heteroatoms. The van der Waals surface area contributed by atoms with Crippen molar-refractivity contribution in [3.05, 3.63) is 30.1 Å². The first-order valence-electron chi connectivity index (χ1n) is 9.68. The fraction of sp³-hybridized carbons (Fsp3) is 0.700. The molecule has 3 heterocycles. The van der Waals surface area contributed by atoms with Crippen molar-refractivity contribution in [3.63, 3.8) is 0 Å². The van der Waals surface area contributed by atoms with Crippen molar-refractivity contribution in [1.82, 2.24) is 14.8 Å². The van der Waals surface area contributed by atoms with Gasteiger partial charge in [0.25, 0.3) is 0 Å². The van der Waals surface area contributed by atoms with Crippen LogP contribution in [0.5, 0.6) is 0 Å². The van der Waals surface area contributed by atoms with Crippen molar-refractivity contribution in [2.75, 3.05) is 26.2 Å². The van der Waals surface area contributed by atoms with Crippen LogP contribution in [0, 0.1) is 5.92 Å². The number of carbonyl (C=O) groups excluding carboxylic acids is 1. The van der Waals surface area contributed by atoms with Crippen molar-refractivity contribution in [3.8, 4) is 0 Å². The molecule has 2 aliphatic heterocycles. The van der Waals surface area contributed by atoms with Gasteiger partial charge >= 0.3 is 0 Å². The smallest absolute Gasteiger partial charge is 0.226 e. The van der Waals surface area contributed by atoms with Gasteiger partial charge in [-0.2, -0.15) is 0 Å². The van der Waals surface area contributed by atoms with Gasteiger partial charge in [-0.25, -0.2) is 0 Å². The Morgan fingerprint density at radius 2 is 2.12 bits per heavy atom. The summed E-state index contributed by atoms with van der Waals surface area (Å²) in [6.07, 6.45) is 6.05. The maximum absolute atomic E-state index is 13.2. The van der Waals surface area contributed by atoms with Gasteiger partial charge in [-0.1, -0.05) is 6.07 Å². The molecule has 25 heavy (non-hydrogen) atoms. The number of hydrogen-bond donors (Lipinski definition) is 0. The van der Waals surface area contributed by atoms with E-state index in [0.717, 1.165) is 51.1 Å². The predicted octanol–water partition coefficient (Wildman–Crippen LogP) is 2.71. The summed E-state index contributed by atoms with van der Waals surface area (Å²) in [7, 11) is 0. The Morgan fingerprint density at radius 1 is 1.32 bits per heavy atom. The molecular formula is C20H31N3O2. The minimum Gasteiger partial charge on any atom is -0.376 e. The number of hydrogen-bond acceptors (Lipinski definition) is 4. The summed E-state index contributed by atoms with van der Waals surface area (Å²) in [6.45, 7) is 8.60. The molecule has 1 amide bonds. The summed E-state index contributed by atoms with van der Waals surface area (Å²) in [5.41, 5.74) is 0.952. The van der Waals surface area contributed by atoms with Crippen LogP contribution >= 0.6 is 0 Å². The molecule has 2 saturated heterocycles. The number of carbonyl (C=O) groups is 1. The predicted molar refractivity (Wildman–Crippen MR) is 98.1 cm³/mol. The van der Waals surface area contributed by atoms with Gasteiger partial charge < -0.3 is 14.5 Å². The van der Waals surface area contributed by atoms with Crippen LogP contribution in [0.4, 0.5) is 0 Å². The first-order valence-corrected chi connectivity index (χ1v) is 9.68. The molecule has 0 bridgehead atoms. The molecule has 138 valence electrons. The van der Waals surface area contributed by atoms with Gasteiger partial charge in [0.05, 0.1) is 18.3 Å². The van der Waals surface area contributed by atoms with Gasteiger partial charge in [0.15, 0.2) is 0 Å². The molecule has 1 aromatic heterocycles. The lowest BCUT2D eigenvalue weighted by atomic mass is 9.94. The molecule has 5 nitrogen and oxygen atoms in total. The second kappa shape index (κ2) is 8.77. The maximum atomic E-state index is 13.2. The highest BCUT2D eigenvalue weighted by atomic mass is 16.5. The van der Waals surface area contributed by atoms with E-state index < -0.39 is 0 Å². The van der Waals surface area contributed by atoms with Crippen LogP contribution < -0.4 is 0 Å². The molecule has 3 rings (SSSR count). The number of likely N-dealkylation sites (tertiary alicyclic amines) is 1. The Bertz CT molecular complexity index is 535. The van der Waals surface area contributed by atoms with Gasteiger partial charge in [0, 0.05) is 31.3 Å². The number of rotatable bonds is 6. The molecule has 0 spiro atoms. The standard InChI is InChI=1S/C20H31N3O2/c1-16(2)22-11-8-17(9-12-22)20(24)23(15-19-7-5-13-25-19)14-18-6-3-4-10-21-18/h3-4,6,10,16-17,19H,5,7-9,11-15H2,1-2H3/t19-/m1/s1. The second-order valence-electron chi connectivity index (χ2n) is 7.58. The molecule has 2 aliphatic rings. The van der Waals surface area contributed by atoms with E-state index in [1.165, 1.54) is 0 Å². The van der Waals surface area contributed by atoms with E-state index in [1.54, 1.807) is 6.20 Å². The molecule has 1 aromatic rings. The van der Waals surface area contributed by atoms with Crippen LogP contribution in [0.3, 0.4) is 0 Å². The molecule has 0 unspecified atom stereocenters. The lowest BCUT2D eigenvalue weighted by molar-refractivity contribution is -0.139. The Kier molecular flexibility index (Phi) is 6.43. The SMILES string of the molecule is CC(C)N1CCC(C(=O)N(Cc2ccccn2)C[C@H]2CCCO2)CC1. The molecule has 0 aromatic carbocycles. The topological polar surface area (TPSA) is 45.7 Å². The highest BCUT2D eigenvalue weighted by Crippen LogP contribution is 2.23. The summed E-state index contributed by atoms with van der Waals surface area (Å²) in [5.74, 6) is 0.421. The molecular weight excluding hydrogens is 314 g/mol. The van der Waals surface area contributed by atoms with Gasteiger partial charge in [-0.05, 0) is 64.8 Å². The third-order valence-corrected chi connectivity index (χ3v) is 5.45. The Balaban J connectivity index is 1.64. The number of amides is 1. The van der Waals surface area contributed by atoms with Crippen molar-refractivity contribution < 1.29 is 9.53 Å². The fourth-order valence-electron chi connectivity index (χ4n) is 3.87. The summed E-state index contributed by atoms with van der Waals surface area (Å²) in [5, 5.41) is 0. The highest BCUT2D eigenvalue weighted by Gasteiger charge is 2.31. The van der Waals surface area contributed by atoms with E-state index in [2.05, 4.69) is 23.7 Å². The van der Waals surface area contributed by atoms with Gasteiger partial charge in [0.2, 0.25) is 5.91 Å². The van der Waals surface area contributed by atoms with Crippen LogP contribution in [0.1, 0.15) is 45.2 Å². The third-order valence-electron chi connectivity index (χ3n) is 5.45. The molecule has 0 saturated carbocycles. The first-order chi connectivity index (χ1) is 12.1. The lowest BCUT2D eigenvalue weighted by Crippen LogP contribution is -2.46. The van der Waals surface area contributed by atoms with E-state index in [-0.39, 0.29) is 17.9 Å². The number of nitrogens with zero attached hydrogens (tertiary/aromatic N) is 3. The average Bonchev–Trinajstić information content (AvgIpc) is 3.14. The quantitative estimate of drug-likeness (QED) is 0.795. The molecule has 0 N–H and O–H groups in total. The summed E-state index contributed by atoms with van der Waals surface area (Å²) >= 11 is 0. The van der Waals surface area contributed by atoms with Gasteiger partial charge in [-0.3, -0.25) is 9.78 Å². The summed E-state index contributed by atoms with van der Waals surface area (Å²) in [4.78, 5) is 22.1. The Morgan fingerprint density at radius 3 is 2.72 bits per heavy atom. The zero-order valence-corrected chi connectivity index (χ0v) is 15.6. The number of pyridine rings is 1. The van der Waals surface area contributed by atoms with Gasteiger partial charge in [-0.15, -0.1) is 0 Å². The Hall–Kier alpha value is -1.46. The fourth-order valence-corrected chi connectivity index (χ4v) is 3.87. The molecule has 1 atom stereocenters. The summed E-state index contributed by atoms with van der Waals surface area (Å²) < 4.78 is 5.78. The minimum absolute atomic E-state index is 0.139. The largest absolute Gasteiger partial charge is 0.376 e. The first kappa shape index (κ1) is 18.3. The number of ether oxygens (including phenoxy) is 1. The van der Waals surface area contributed by atoms with Crippen molar-refractivity contribution in [2.24, 2.45) is 5.92 Å². The second-order valence-corrected chi connectivity index (χ2v) is 7.58. The van der Waals surface area contributed by atoms with Gasteiger partial charge in [0.1, 0.15) is 0 Å². The van der Waals surface area contributed by atoms with Crippen molar-refractivity contribution in [1.29, 1.82) is 0 Å². The third kappa shape index (κ3) is 5.02. The van der Waals surface area contributed by atoms with Crippen LogP contribution in [0.15, 0.2) is 24.4 Å². The van der Waals surface area contributed by atoms with Crippen LogP contribution in [-0.2, 0) is 16.1 Å². The van der Waals surface area contributed by atoms with E-state index in [4.69, 9.17) is 4.74 Å². The summed E-state index contributed by atoms with van der Waals surface area (Å²) in [6, 6.07) is 6.46. The van der Waals surface area contributed by atoms with E-state index >= 15 is 0 Å². The minimum atomic E-state index is 0.139. The average molecular weight is 345 g/mol. The van der Waals surface area contributed by atoms with Crippen LogP contribution in [-0.4, -0.2) is 59.1 Å². The lowest BCUT2D eigenvalue weighted by Gasteiger charge is -2.36. The zero-order valence-electron chi connectivity index (χ0n) is 15.6. The zero-order chi connectivity index (χ0) is 17.6. The molecule has 0 radical (unpaired) electrons. The van der Waals surface area contributed by atoms with E-state index in [9.17, 15) is 4.79 Å². The van der Waals surface area contributed by atoms with Crippen molar-refractivity contribution in [2.45, 2.75) is 58.2 Å². The van der Waals surface area contributed by atoms with Crippen molar-refractivity contribution >= 4 is 5.91 Å². The van der Waals surface area contributed by atoms with Crippen LogP contribution in [0.25, 0.3) is 0 Å². The normalized spacial score (nSPS) is 22.4. The maximum Gasteiger partial charge on any atom is 0.226 e. The van der Waals surface area contributed by atoms with E-state index in [1.807, 2.05) is 23.1 Å². The van der Waals surface area contributed by atoms with E-state index in [0.29, 0.717) is 19.1 Å². The monoisotopic (exact) mass is 345 g/mol. The number of aromatic nitrogens is 1. The van der Waals surface area contributed by atoms with Crippen LogP contribution in [0.2, 0.25) is 0 Å². The molecule has 2 fully saturated rings.